The van der Waals surface area contributed by atoms with Crippen LogP contribution in [0.4, 0.5) is 0 Å². The summed E-state index contributed by atoms with van der Waals surface area (Å²) in [5, 5.41) is 10.4. The van der Waals surface area contributed by atoms with Gasteiger partial charge in [-0.3, -0.25) is 4.79 Å². The zero-order valence-corrected chi connectivity index (χ0v) is 8.39. The van der Waals surface area contributed by atoms with Gasteiger partial charge in [-0.05, 0) is 6.42 Å². The van der Waals surface area contributed by atoms with Gasteiger partial charge in [0.1, 0.15) is 0 Å². The number of halogens is 1. The van der Waals surface area contributed by atoms with Gasteiger partial charge in [0.25, 0.3) is 0 Å². The summed E-state index contributed by atoms with van der Waals surface area (Å²) in [6, 6.07) is 0. The van der Waals surface area contributed by atoms with E-state index in [9.17, 15) is 14.7 Å². The second-order valence-electron chi connectivity index (χ2n) is 2.25. The molecule has 68 valence electrons. The summed E-state index contributed by atoms with van der Waals surface area (Å²) in [5.74, 6) is -1.84. The zero-order chi connectivity index (χ0) is 9.56. The van der Waals surface area contributed by atoms with Crippen molar-refractivity contribution >= 4 is 27.7 Å². The van der Waals surface area contributed by atoms with E-state index in [0.717, 1.165) is 6.42 Å². The highest BCUT2D eigenvalue weighted by molar-refractivity contribution is 9.09. The number of carboxylic acids is 1. The lowest BCUT2D eigenvalue weighted by molar-refractivity contribution is -0.298. The van der Waals surface area contributed by atoms with Crippen LogP contribution in [0.2, 0.25) is 0 Å². The fraction of sp³-hybridized carbons (Fsp3) is 0.500. The third-order valence-electron chi connectivity index (χ3n) is 1.28. The van der Waals surface area contributed by atoms with Gasteiger partial charge in [0.2, 0.25) is 0 Å². The number of aliphatic carboxylic acids is 1. The molecule has 0 unspecified atom stereocenters. The lowest BCUT2D eigenvalue weighted by Crippen LogP contribution is -2.29. The number of rotatable bonds is 5. The molecule has 0 aromatic carbocycles. The number of Topliss-reactive ketones (excluding diaryl/α,β-unsaturated/α-hetero) is 1. The predicted molar refractivity (Wildman–Crippen MR) is 46.8 cm³/mol. The molecule has 0 aromatic heterocycles. The van der Waals surface area contributed by atoms with E-state index in [4.69, 9.17) is 0 Å². The van der Waals surface area contributed by atoms with Gasteiger partial charge in [0.15, 0.2) is 5.78 Å². The van der Waals surface area contributed by atoms with E-state index in [1.165, 1.54) is 6.08 Å². The first-order valence-corrected chi connectivity index (χ1v) is 4.76. The highest BCUT2D eigenvalue weighted by Crippen LogP contribution is 2.02. The van der Waals surface area contributed by atoms with Gasteiger partial charge in [-0.25, -0.2) is 0 Å². The molecular formula is C8H10BrO3-. The van der Waals surface area contributed by atoms with Crippen molar-refractivity contribution in [2.45, 2.75) is 19.8 Å². The van der Waals surface area contributed by atoms with E-state index in [1.807, 2.05) is 6.92 Å². The zero-order valence-electron chi connectivity index (χ0n) is 6.80. The van der Waals surface area contributed by atoms with Crippen LogP contribution in [0, 0.1) is 0 Å². The van der Waals surface area contributed by atoms with E-state index in [2.05, 4.69) is 15.9 Å². The average molecular weight is 234 g/mol. The minimum absolute atomic E-state index is 0.0243. The van der Waals surface area contributed by atoms with Crippen LogP contribution in [0.3, 0.4) is 0 Å². The molecule has 12 heavy (non-hydrogen) atoms. The molecule has 4 heteroatoms. The van der Waals surface area contributed by atoms with Crippen LogP contribution < -0.4 is 5.11 Å². The van der Waals surface area contributed by atoms with Crippen LogP contribution >= 0.6 is 15.9 Å². The molecular weight excluding hydrogens is 224 g/mol. The lowest BCUT2D eigenvalue weighted by atomic mass is 10.1. The van der Waals surface area contributed by atoms with Crippen LogP contribution in [0.1, 0.15) is 19.8 Å². The largest absolute Gasteiger partial charge is 0.545 e. The lowest BCUT2D eigenvalue weighted by Gasteiger charge is -2.04. The van der Waals surface area contributed by atoms with Gasteiger partial charge in [-0.2, -0.15) is 0 Å². The molecule has 0 spiro atoms. The van der Waals surface area contributed by atoms with Crippen LogP contribution in [-0.4, -0.2) is 17.1 Å². The molecule has 0 rings (SSSR count). The molecule has 0 bridgehead atoms. The molecule has 0 saturated heterocycles. The maximum Gasteiger partial charge on any atom is 0.174 e. The Morgan fingerprint density at radius 3 is 2.42 bits per heavy atom. The standard InChI is InChI=1S/C8H11BrO3/c1-2-3-4-6(8(11)12)7(10)5-9/h4H,2-3,5H2,1H3,(H,11,12)/p-1/b6-4+. The summed E-state index contributed by atoms with van der Waals surface area (Å²) >= 11 is 2.89. The van der Waals surface area contributed by atoms with Gasteiger partial charge in [-0.1, -0.05) is 35.4 Å². The SMILES string of the molecule is CCC/C=C(/C(=O)[O-])C(=O)CBr. The summed E-state index contributed by atoms with van der Waals surface area (Å²) in [6.07, 6.45) is 2.80. The normalized spacial score (nSPS) is 11.3. The predicted octanol–water partition coefficient (Wildman–Crippen LogP) is 0.427. The molecule has 0 atom stereocenters. The van der Waals surface area contributed by atoms with Gasteiger partial charge in [0.05, 0.1) is 11.3 Å². The Bertz CT molecular complexity index is 208. The van der Waals surface area contributed by atoms with Crippen molar-refractivity contribution in [2.75, 3.05) is 5.33 Å². The Balaban J connectivity index is 4.43. The number of carbonyl (C=O) groups excluding carboxylic acids is 2. The summed E-state index contributed by atoms with van der Waals surface area (Å²) < 4.78 is 0. The minimum atomic E-state index is -1.40. The number of hydrogen-bond donors (Lipinski definition) is 0. The average Bonchev–Trinajstić information content (AvgIpc) is 2.04. The Hall–Kier alpha value is -0.640. The highest BCUT2D eigenvalue weighted by Gasteiger charge is 2.07. The second kappa shape index (κ2) is 5.94. The summed E-state index contributed by atoms with van der Waals surface area (Å²) in [7, 11) is 0. The molecule has 0 fully saturated rings. The number of ketones is 1. The number of hydrogen-bond acceptors (Lipinski definition) is 3. The molecule has 0 aromatic rings. The summed E-state index contributed by atoms with van der Waals surface area (Å²) in [4.78, 5) is 21.3. The van der Waals surface area contributed by atoms with Crippen molar-refractivity contribution < 1.29 is 14.7 Å². The van der Waals surface area contributed by atoms with Gasteiger partial charge < -0.3 is 9.90 Å². The molecule has 0 heterocycles. The fourth-order valence-electron chi connectivity index (χ4n) is 0.672. The fourth-order valence-corrected chi connectivity index (χ4v) is 0.974. The van der Waals surface area contributed by atoms with Crippen LogP contribution in [0.25, 0.3) is 0 Å². The van der Waals surface area contributed by atoms with Crippen molar-refractivity contribution in [3.8, 4) is 0 Å². The third-order valence-corrected chi connectivity index (χ3v) is 1.79. The van der Waals surface area contributed by atoms with Crippen LogP contribution in [0.15, 0.2) is 11.6 Å². The van der Waals surface area contributed by atoms with Gasteiger partial charge in [0, 0.05) is 5.57 Å². The summed E-state index contributed by atoms with van der Waals surface area (Å²) in [5.41, 5.74) is -0.228. The number of carbonyl (C=O) groups is 2. The van der Waals surface area contributed by atoms with Gasteiger partial charge in [-0.15, -0.1) is 0 Å². The Kier molecular flexibility index (Phi) is 5.62. The molecule has 0 radical (unpaired) electrons. The molecule has 0 aliphatic heterocycles. The van der Waals surface area contributed by atoms with E-state index >= 15 is 0 Å². The Morgan fingerprint density at radius 2 is 2.08 bits per heavy atom. The minimum Gasteiger partial charge on any atom is -0.545 e. The first-order valence-electron chi connectivity index (χ1n) is 3.64. The first-order chi connectivity index (χ1) is 5.63. The number of allylic oxidation sites excluding steroid dienone is 1. The quantitative estimate of drug-likeness (QED) is 0.300. The highest BCUT2D eigenvalue weighted by atomic mass is 79.9. The van der Waals surface area contributed by atoms with Crippen molar-refractivity contribution in [2.24, 2.45) is 0 Å². The topological polar surface area (TPSA) is 57.2 Å². The molecule has 0 saturated carbocycles. The first kappa shape index (κ1) is 11.4. The number of unbranched alkanes of at least 4 members (excludes halogenated alkanes) is 1. The van der Waals surface area contributed by atoms with E-state index < -0.39 is 11.8 Å². The van der Waals surface area contributed by atoms with Gasteiger partial charge >= 0.3 is 0 Å². The van der Waals surface area contributed by atoms with Crippen LogP contribution in [0.5, 0.6) is 0 Å². The number of alkyl halides is 1. The van der Waals surface area contributed by atoms with Crippen molar-refractivity contribution in [3.63, 3.8) is 0 Å². The monoisotopic (exact) mass is 233 g/mol. The molecule has 0 N–H and O–H groups in total. The molecule has 3 nitrogen and oxygen atoms in total. The number of carboxylic acid groups (broad SMARTS) is 1. The third kappa shape index (κ3) is 3.67. The molecule has 0 amide bonds. The smallest absolute Gasteiger partial charge is 0.174 e. The van der Waals surface area contributed by atoms with E-state index in [-0.39, 0.29) is 10.9 Å². The molecule has 0 aliphatic carbocycles. The maximum absolute atomic E-state index is 10.9. The summed E-state index contributed by atoms with van der Waals surface area (Å²) in [6.45, 7) is 1.90. The second-order valence-corrected chi connectivity index (χ2v) is 2.81. The maximum atomic E-state index is 10.9. The van der Waals surface area contributed by atoms with Crippen molar-refractivity contribution in [1.82, 2.24) is 0 Å². The molecule has 0 aliphatic rings. The van der Waals surface area contributed by atoms with E-state index in [1.54, 1.807) is 0 Å². The van der Waals surface area contributed by atoms with E-state index in [0.29, 0.717) is 6.42 Å². The van der Waals surface area contributed by atoms with Crippen molar-refractivity contribution in [1.29, 1.82) is 0 Å². The van der Waals surface area contributed by atoms with Crippen LogP contribution in [-0.2, 0) is 9.59 Å². The Labute approximate surface area is 79.6 Å². The van der Waals surface area contributed by atoms with Crippen molar-refractivity contribution in [3.05, 3.63) is 11.6 Å². The Morgan fingerprint density at radius 1 is 1.50 bits per heavy atom.